The van der Waals surface area contributed by atoms with Gasteiger partial charge in [0.15, 0.2) is 0 Å². The van der Waals surface area contributed by atoms with Crippen LogP contribution in [0.15, 0.2) is 43.8 Å². The van der Waals surface area contributed by atoms with Gasteiger partial charge in [0.1, 0.15) is 5.58 Å². The van der Waals surface area contributed by atoms with E-state index < -0.39 is 59.0 Å². The Morgan fingerprint density at radius 2 is 1.54 bits per heavy atom. The van der Waals surface area contributed by atoms with E-state index in [2.05, 4.69) is 17.9 Å². The van der Waals surface area contributed by atoms with E-state index in [0.29, 0.717) is 59.7 Å². The summed E-state index contributed by atoms with van der Waals surface area (Å²) in [7, 11) is -10.9. The minimum absolute atomic E-state index is 0. The van der Waals surface area contributed by atoms with Crippen LogP contribution in [0.4, 0.5) is 5.69 Å². The van der Waals surface area contributed by atoms with Gasteiger partial charge >= 0.3 is 116 Å². The summed E-state index contributed by atoms with van der Waals surface area (Å²) in [5, 5.41) is 1.16. The van der Waals surface area contributed by atoms with Crippen LogP contribution in [0, 0.1) is 13.0 Å². The van der Waals surface area contributed by atoms with E-state index in [1.165, 1.54) is 0 Å². The molecule has 0 atom stereocenters. The third-order valence-corrected chi connectivity index (χ3v) is 8.37. The summed E-state index contributed by atoms with van der Waals surface area (Å²) in [6.07, 6.45) is 2.79. The molecule has 0 N–H and O–H groups in total. The van der Waals surface area contributed by atoms with Crippen LogP contribution in [0.25, 0.3) is 21.4 Å². The minimum Gasteiger partial charge on any atom is -0.753 e. The van der Waals surface area contributed by atoms with E-state index in [9.17, 15) is 32.1 Å². The van der Waals surface area contributed by atoms with E-state index in [1.807, 2.05) is 6.07 Å². The Kier molecular flexibility index (Phi) is 25.2. The van der Waals surface area contributed by atoms with Gasteiger partial charge in [-0.05, 0) is 31.0 Å². The monoisotopic (exact) mass is 802 g/mol. The van der Waals surface area contributed by atoms with Gasteiger partial charge in [-0.1, -0.05) is 23.4 Å². The third kappa shape index (κ3) is 17.5. The summed E-state index contributed by atoms with van der Waals surface area (Å²) in [6, 6.07) is 10.7. The number of thiophene rings is 1. The average Bonchev–Trinajstić information content (AvgIpc) is 3.58. The zero-order chi connectivity index (χ0) is 35.3. The van der Waals surface area contributed by atoms with Crippen LogP contribution in [-0.2, 0) is 50.6 Å². The predicted molar refractivity (Wildman–Crippen MR) is 160 cm³/mol. The van der Waals surface area contributed by atoms with Crippen molar-refractivity contribution in [3.05, 3.63) is 53.7 Å². The van der Waals surface area contributed by atoms with Crippen LogP contribution in [0.2, 0.25) is 0 Å². The van der Waals surface area contributed by atoms with Gasteiger partial charge in [-0.15, -0.1) is 36.4 Å². The molecule has 2 amide bonds. The molecule has 2 aromatic heterocycles. The van der Waals surface area contributed by atoms with Crippen LogP contribution >= 0.6 is 11.3 Å². The largest absolute Gasteiger partial charge is 1.00 e. The molecule has 1 aliphatic rings. The van der Waals surface area contributed by atoms with Gasteiger partial charge < -0.3 is 25.6 Å². The fourth-order valence-corrected chi connectivity index (χ4v) is 5.66. The SMILES string of the molecule is O=S(=O)=O.O=S(=O)=O.[CH2-]CCN(CCCCCC(=O)ON1C(=O)CCC1=O)c1ccc2cc(-c3[c-]cc(S(=O)(=O)[O-])s3)c(=O)oc2c1.[Na+].[Na+].[Na+]. The van der Waals surface area contributed by atoms with E-state index in [4.69, 9.17) is 34.5 Å². The van der Waals surface area contributed by atoms with Crippen molar-refractivity contribution < 1.29 is 151 Å². The Labute approximate surface area is 359 Å². The van der Waals surface area contributed by atoms with Gasteiger partial charge in [0, 0.05) is 47.2 Å². The summed E-state index contributed by atoms with van der Waals surface area (Å²) in [5.41, 5.74) is 0.592. The smallest absolute Gasteiger partial charge is 0.753 e. The molecule has 17 nitrogen and oxygen atoms in total. The quantitative estimate of drug-likeness (QED) is 0.0412. The third-order valence-electron chi connectivity index (χ3n) is 6.04. The maximum absolute atomic E-state index is 12.6. The van der Waals surface area contributed by atoms with Gasteiger partial charge in [-0.3, -0.25) is 14.4 Å². The molecular formula is C26H25N2Na3O15S4. The topological polar surface area (TPSA) is 257 Å². The number of nitrogens with zero attached hydrogens (tertiary/aromatic N) is 2. The Balaban J connectivity index is 0. The zero-order valence-corrected chi connectivity index (χ0v) is 36.4. The number of benzene rings is 1. The van der Waals surface area contributed by atoms with Crippen LogP contribution in [0.3, 0.4) is 0 Å². The number of hydrogen-bond donors (Lipinski definition) is 0. The first kappa shape index (κ1) is 50.8. The second-order valence-corrected chi connectivity index (χ2v) is 12.7. The van der Waals surface area contributed by atoms with Crippen molar-refractivity contribution >= 4 is 77.1 Å². The van der Waals surface area contributed by atoms with Gasteiger partial charge in [-0.25, -0.2) is 24.5 Å². The molecule has 24 heteroatoms. The molecule has 3 aromatic rings. The number of hydroxylamine groups is 2. The summed E-state index contributed by atoms with van der Waals surface area (Å²) in [6.45, 7) is 5.21. The molecule has 0 saturated carbocycles. The number of amides is 2. The summed E-state index contributed by atoms with van der Waals surface area (Å²) in [4.78, 5) is 54.8. The molecule has 1 fully saturated rings. The molecule has 0 aliphatic carbocycles. The molecule has 1 aromatic carbocycles. The zero-order valence-electron chi connectivity index (χ0n) is 27.1. The Morgan fingerprint density at radius 1 is 0.960 bits per heavy atom. The standard InChI is InChI=1S/C26H26N2O9S2.3Na.2O3S/c1-2-13-27(14-5-3-4-6-24(31)37-28-22(29)10-11-23(28)30)18-8-7-17-15-19(26(32)36-20(17)16-18)21-9-12-25(38-21)39(33,34)35;;;;2*1-4(2)3/h7-8,12,15-16H,1-6,10-11,13-14H2,(H,33,34,35);;;;;/q-2;3*+1;;/p-1. The molecule has 4 rings (SSSR count). The number of fused-ring (bicyclic) bond motifs is 1. The second kappa shape index (κ2) is 24.8. The minimum atomic E-state index is -4.65. The second-order valence-electron chi connectivity index (χ2n) is 9.27. The molecule has 1 aliphatic heterocycles. The molecule has 1 saturated heterocycles. The van der Waals surface area contributed by atoms with Gasteiger partial charge in [0.2, 0.25) is 0 Å². The summed E-state index contributed by atoms with van der Waals surface area (Å²) < 4.78 is 89.5. The average molecular weight is 803 g/mol. The number of imide groups is 1. The first-order valence-electron chi connectivity index (χ1n) is 13.2. The number of unbranched alkanes of at least 4 members (excludes halogenated alkanes) is 2. The number of carbonyl (C=O) groups is 3. The number of hydrogen-bond acceptors (Lipinski definition) is 17. The number of rotatable bonds is 12. The summed E-state index contributed by atoms with van der Waals surface area (Å²) in [5.74, 6) is -1.63. The van der Waals surface area contributed by atoms with E-state index in [0.717, 1.165) is 18.2 Å². The summed E-state index contributed by atoms with van der Waals surface area (Å²) >= 11 is 0.661. The Hall–Kier alpha value is -1.31. The van der Waals surface area contributed by atoms with Crippen molar-refractivity contribution in [2.75, 3.05) is 18.0 Å². The fraction of sp³-hybridized carbons (Fsp3) is 0.346. The van der Waals surface area contributed by atoms with E-state index in [1.54, 1.807) is 18.2 Å². The molecule has 0 spiro atoms. The van der Waals surface area contributed by atoms with Gasteiger partial charge in [0.05, 0.1) is 10.1 Å². The molecule has 0 unspecified atom stereocenters. The Morgan fingerprint density at radius 3 is 2.06 bits per heavy atom. The van der Waals surface area contributed by atoms with Crippen LogP contribution < -0.4 is 99.2 Å². The number of anilines is 1. The van der Waals surface area contributed by atoms with Crippen molar-refractivity contribution in [3.8, 4) is 10.4 Å². The van der Waals surface area contributed by atoms with Crippen molar-refractivity contribution in [2.24, 2.45) is 0 Å². The molecule has 0 radical (unpaired) electrons. The predicted octanol–water partition coefficient (Wildman–Crippen LogP) is -7.57. The first-order chi connectivity index (χ1) is 22.0. The van der Waals surface area contributed by atoms with Gasteiger partial charge in [-0.2, -0.15) is 12.5 Å². The van der Waals surface area contributed by atoms with Crippen LogP contribution in [0.1, 0.15) is 44.9 Å². The first-order valence-corrected chi connectivity index (χ1v) is 17.5. The maximum atomic E-state index is 12.6. The molecule has 3 heterocycles. The normalized spacial score (nSPS) is 11.8. The number of carbonyl (C=O) groups excluding carboxylic acids is 3. The van der Waals surface area contributed by atoms with Crippen molar-refractivity contribution in [1.82, 2.24) is 5.06 Å². The molecule has 256 valence electrons. The van der Waals surface area contributed by atoms with E-state index in [-0.39, 0.29) is 118 Å². The maximum Gasteiger partial charge on any atom is 1.00 e. The van der Waals surface area contributed by atoms with Crippen molar-refractivity contribution in [2.45, 2.75) is 49.2 Å². The molecule has 50 heavy (non-hydrogen) atoms. The van der Waals surface area contributed by atoms with Crippen molar-refractivity contribution in [3.63, 3.8) is 0 Å². The van der Waals surface area contributed by atoms with Crippen LogP contribution in [0.5, 0.6) is 0 Å². The molecule has 0 bridgehead atoms. The van der Waals surface area contributed by atoms with E-state index >= 15 is 0 Å². The Bertz CT molecular complexity index is 1960. The van der Waals surface area contributed by atoms with Crippen LogP contribution in [-0.4, -0.2) is 74.2 Å². The van der Waals surface area contributed by atoms with Gasteiger partial charge in [0.25, 0.3) is 17.4 Å². The fourth-order valence-electron chi connectivity index (χ4n) is 4.11. The molecular weight excluding hydrogens is 778 g/mol. The van der Waals surface area contributed by atoms with Crippen molar-refractivity contribution in [1.29, 1.82) is 0 Å².